The van der Waals surface area contributed by atoms with Crippen LogP contribution >= 0.6 is 0 Å². The van der Waals surface area contributed by atoms with Crippen molar-refractivity contribution in [3.63, 3.8) is 0 Å². The van der Waals surface area contributed by atoms with Gasteiger partial charge in [0.05, 0.1) is 11.3 Å². The number of imide groups is 1. The fourth-order valence-corrected chi connectivity index (χ4v) is 1.71. The highest BCUT2D eigenvalue weighted by Crippen LogP contribution is 2.10. The second-order valence-corrected chi connectivity index (χ2v) is 4.62. The summed E-state index contributed by atoms with van der Waals surface area (Å²) in [5.74, 6) is -3.91. The van der Waals surface area contributed by atoms with Crippen LogP contribution in [0.15, 0.2) is 47.6 Å². The van der Waals surface area contributed by atoms with E-state index in [1.165, 1.54) is 31.2 Å². The van der Waals surface area contributed by atoms with Crippen LogP contribution in [-0.2, 0) is 4.84 Å². The van der Waals surface area contributed by atoms with Crippen molar-refractivity contribution in [2.45, 2.75) is 6.92 Å². The van der Waals surface area contributed by atoms with Crippen LogP contribution in [0.2, 0.25) is 0 Å². The van der Waals surface area contributed by atoms with Crippen molar-refractivity contribution in [1.29, 1.82) is 0 Å². The first-order valence-electron chi connectivity index (χ1n) is 6.65. The summed E-state index contributed by atoms with van der Waals surface area (Å²) in [5, 5.41) is 5.19. The number of hydrogen-bond donors (Lipinski definition) is 1. The summed E-state index contributed by atoms with van der Waals surface area (Å²) in [6, 6.07) is 8.07. The van der Waals surface area contributed by atoms with Gasteiger partial charge in [0.15, 0.2) is 11.6 Å². The number of benzene rings is 2. The average molecular weight is 336 g/mol. The zero-order chi connectivity index (χ0) is 17.7. The molecular weight excluding hydrogens is 325 g/mol. The number of halogens is 3. The van der Waals surface area contributed by atoms with Gasteiger partial charge in [-0.3, -0.25) is 14.9 Å². The lowest BCUT2D eigenvalue weighted by atomic mass is 10.1. The highest BCUT2D eigenvalue weighted by Gasteiger charge is 2.15. The molecule has 0 saturated carbocycles. The van der Waals surface area contributed by atoms with E-state index >= 15 is 0 Å². The topological polar surface area (TPSA) is 67.8 Å². The number of nitrogens with one attached hydrogen (secondary N) is 1. The molecule has 0 spiro atoms. The number of nitrogens with zero attached hydrogens (tertiary/aromatic N) is 1. The van der Waals surface area contributed by atoms with Crippen molar-refractivity contribution >= 4 is 17.7 Å². The van der Waals surface area contributed by atoms with Crippen LogP contribution in [0.5, 0.6) is 0 Å². The van der Waals surface area contributed by atoms with Gasteiger partial charge in [0.1, 0.15) is 5.82 Å². The quantitative estimate of drug-likeness (QED) is 0.531. The van der Waals surface area contributed by atoms with E-state index in [9.17, 15) is 22.8 Å². The lowest BCUT2D eigenvalue weighted by Crippen LogP contribution is -2.30. The summed E-state index contributed by atoms with van der Waals surface area (Å²) in [6.07, 6.45) is -1.25. The molecule has 2 amide bonds. The van der Waals surface area contributed by atoms with E-state index in [1.54, 1.807) is 5.32 Å². The van der Waals surface area contributed by atoms with E-state index in [2.05, 4.69) is 9.99 Å². The van der Waals surface area contributed by atoms with Gasteiger partial charge in [0, 0.05) is 5.56 Å². The predicted octanol–water partition coefficient (Wildman–Crippen LogP) is 3.39. The van der Waals surface area contributed by atoms with E-state index in [4.69, 9.17) is 0 Å². The number of carbonyl (C=O) groups is 2. The van der Waals surface area contributed by atoms with E-state index in [-0.39, 0.29) is 16.8 Å². The molecule has 24 heavy (non-hydrogen) atoms. The van der Waals surface area contributed by atoms with Crippen molar-refractivity contribution < 1.29 is 27.6 Å². The van der Waals surface area contributed by atoms with Gasteiger partial charge in [-0.25, -0.2) is 18.0 Å². The molecule has 124 valence electrons. The molecule has 0 radical (unpaired) electrons. The van der Waals surface area contributed by atoms with E-state index in [0.29, 0.717) is 0 Å². The molecular formula is C16H11F3N2O3. The first-order chi connectivity index (χ1) is 11.4. The fourth-order valence-electron chi connectivity index (χ4n) is 1.71. The highest BCUT2D eigenvalue weighted by molar-refractivity contribution is 6.03. The maximum Gasteiger partial charge on any atom is 0.440 e. The summed E-state index contributed by atoms with van der Waals surface area (Å²) < 4.78 is 39.3. The SMILES string of the molecule is CC(=NOC(=O)NC(=O)c1ccccc1F)c1ccc(F)c(F)c1. The molecule has 0 bridgehead atoms. The molecule has 0 aromatic heterocycles. The van der Waals surface area contributed by atoms with Gasteiger partial charge in [-0.05, 0) is 37.3 Å². The van der Waals surface area contributed by atoms with E-state index in [0.717, 1.165) is 18.2 Å². The van der Waals surface area contributed by atoms with Gasteiger partial charge < -0.3 is 0 Å². The maximum absolute atomic E-state index is 13.4. The molecule has 0 saturated heterocycles. The molecule has 2 aromatic rings. The Kier molecular flexibility index (Phi) is 5.31. The minimum Gasteiger partial charge on any atom is -0.297 e. The zero-order valence-electron chi connectivity index (χ0n) is 12.3. The van der Waals surface area contributed by atoms with Crippen molar-refractivity contribution in [1.82, 2.24) is 5.32 Å². The first-order valence-corrected chi connectivity index (χ1v) is 6.65. The van der Waals surface area contributed by atoms with Crippen LogP contribution in [0, 0.1) is 17.5 Å². The predicted molar refractivity (Wildman–Crippen MR) is 78.9 cm³/mol. The second kappa shape index (κ2) is 7.40. The van der Waals surface area contributed by atoms with Crippen LogP contribution in [0.25, 0.3) is 0 Å². The Morgan fingerprint density at radius 3 is 2.38 bits per heavy atom. The van der Waals surface area contributed by atoms with E-state index < -0.39 is 29.5 Å². The van der Waals surface area contributed by atoms with Gasteiger partial charge in [-0.1, -0.05) is 17.3 Å². The molecule has 0 atom stereocenters. The minimum absolute atomic E-state index is 0.0717. The third-order valence-electron chi connectivity index (χ3n) is 2.94. The molecule has 8 heteroatoms. The lowest BCUT2D eigenvalue weighted by Gasteiger charge is -2.04. The maximum atomic E-state index is 13.4. The van der Waals surface area contributed by atoms with Crippen LogP contribution in [0.4, 0.5) is 18.0 Å². The smallest absolute Gasteiger partial charge is 0.297 e. The summed E-state index contributed by atoms with van der Waals surface area (Å²) in [7, 11) is 0. The van der Waals surface area contributed by atoms with Crippen LogP contribution in [0.1, 0.15) is 22.8 Å². The van der Waals surface area contributed by atoms with Gasteiger partial charge in [-0.15, -0.1) is 0 Å². The van der Waals surface area contributed by atoms with Gasteiger partial charge in [-0.2, -0.15) is 0 Å². The Morgan fingerprint density at radius 2 is 1.71 bits per heavy atom. The van der Waals surface area contributed by atoms with Crippen molar-refractivity contribution in [3.8, 4) is 0 Å². The molecule has 1 N–H and O–H groups in total. The number of amides is 2. The average Bonchev–Trinajstić information content (AvgIpc) is 2.55. The Labute approximate surface area is 134 Å². The summed E-state index contributed by atoms with van der Waals surface area (Å²) in [6.45, 7) is 1.39. The van der Waals surface area contributed by atoms with Crippen molar-refractivity contribution in [2.24, 2.45) is 5.16 Å². The standard InChI is InChI=1S/C16H11F3N2O3/c1-9(10-6-7-13(18)14(19)8-10)21-24-16(23)20-15(22)11-4-2-3-5-12(11)17/h2-8H,1H3,(H,20,22,23). The molecule has 0 unspecified atom stereocenters. The Bertz CT molecular complexity index is 822. The van der Waals surface area contributed by atoms with Gasteiger partial charge in [0.25, 0.3) is 5.91 Å². The molecule has 0 aliphatic rings. The Balaban J connectivity index is 2.00. The Morgan fingerprint density at radius 1 is 1.00 bits per heavy atom. The zero-order valence-corrected chi connectivity index (χ0v) is 12.3. The molecule has 0 fully saturated rings. The van der Waals surface area contributed by atoms with Crippen molar-refractivity contribution in [2.75, 3.05) is 0 Å². The number of carbonyl (C=O) groups excluding carboxylic acids is 2. The lowest BCUT2D eigenvalue weighted by molar-refractivity contribution is 0.0919. The second-order valence-electron chi connectivity index (χ2n) is 4.62. The van der Waals surface area contributed by atoms with Gasteiger partial charge in [0.2, 0.25) is 0 Å². The summed E-state index contributed by atoms with van der Waals surface area (Å²) >= 11 is 0. The summed E-state index contributed by atoms with van der Waals surface area (Å²) in [5.41, 5.74) is -0.0831. The van der Waals surface area contributed by atoms with Crippen LogP contribution in [0.3, 0.4) is 0 Å². The molecule has 5 nitrogen and oxygen atoms in total. The van der Waals surface area contributed by atoms with Crippen LogP contribution in [-0.4, -0.2) is 17.7 Å². The van der Waals surface area contributed by atoms with Crippen molar-refractivity contribution in [3.05, 3.63) is 71.0 Å². The van der Waals surface area contributed by atoms with Crippen LogP contribution < -0.4 is 5.32 Å². The first kappa shape index (κ1) is 17.2. The molecule has 0 heterocycles. The molecule has 0 aliphatic carbocycles. The Hall–Kier alpha value is -3.16. The monoisotopic (exact) mass is 336 g/mol. The molecule has 2 aromatic carbocycles. The number of hydrogen-bond acceptors (Lipinski definition) is 4. The largest absolute Gasteiger partial charge is 0.440 e. The minimum atomic E-state index is -1.25. The normalized spacial score (nSPS) is 11.1. The van der Waals surface area contributed by atoms with E-state index in [1.807, 2.05) is 0 Å². The van der Waals surface area contributed by atoms with Gasteiger partial charge >= 0.3 is 6.09 Å². The third-order valence-corrected chi connectivity index (χ3v) is 2.94. The molecule has 2 rings (SSSR count). The highest BCUT2D eigenvalue weighted by atomic mass is 19.2. The summed E-state index contributed by atoms with van der Waals surface area (Å²) in [4.78, 5) is 27.6. The fraction of sp³-hybridized carbons (Fsp3) is 0.0625. The third kappa shape index (κ3) is 4.19. The number of rotatable bonds is 3. The number of oxime groups is 1. The molecule has 0 aliphatic heterocycles.